The molecule has 1 unspecified atom stereocenters. The molecule has 0 aromatic heterocycles. The molecule has 11 heteroatoms. The highest BCUT2D eigenvalue weighted by Crippen LogP contribution is 2.29. The Morgan fingerprint density at radius 3 is 2.35 bits per heavy atom. The van der Waals surface area contributed by atoms with Crippen molar-refractivity contribution in [1.82, 2.24) is 14.7 Å². The van der Waals surface area contributed by atoms with E-state index in [1.165, 1.54) is 19.1 Å². The van der Waals surface area contributed by atoms with Gasteiger partial charge in [-0.3, -0.25) is 9.59 Å². The number of rotatable bonds is 6. The number of nitrogens with zero attached hydrogens (tertiary/aromatic N) is 2. The number of carboxylic acid groups (broad SMARTS) is 1. The predicted octanol–water partition coefficient (Wildman–Crippen LogP) is 1.84. The van der Waals surface area contributed by atoms with Crippen LogP contribution >= 0.6 is 0 Å². The number of benzene rings is 1. The topological polar surface area (TPSA) is 133 Å². The van der Waals surface area contributed by atoms with Crippen LogP contribution in [0, 0.1) is 0 Å². The zero-order valence-electron chi connectivity index (χ0n) is 17.9. The highest BCUT2D eigenvalue weighted by molar-refractivity contribution is 7.89. The van der Waals surface area contributed by atoms with Gasteiger partial charge in [0.05, 0.1) is 23.4 Å². The second-order valence-corrected chi connectivity index (χ2v) is 10.4. The summed E-state index contributed by atoms with van der Waals surface area (Å²) in [4.78, 5) is 36.4. The van der Waals surface area contributed by atoms with Crippen LogP contribution in [0.1, 0.15) is 39.7 Å². The number of aliphatic carboxylic acids is 1. The first-order chi connectivity index (χ1) is 14.2. The van der Waals surface area contributed by atoms with Crippen molar-refractivity contribution in [1.29, 1.82) is 0 Å². The Morgan fingerprint density at radius 1 is 1.29 bits per heavy atom. The molecule has 1 saturated heterocycles. The normalized spacial score (nSPS) is 20.3. The summed E-state index contributed by atoms with van der Waals surface area (Å²) in [6.45, 7) is 8.98. The molecule has 1 aromatic rings. The fraction of sp³-hybridized carbons (Fsp3) is 0.450. The van der Waals surface area contributed by atoms with Crippen molar-refractivity contribution in [3.05, 3.63) is 36.4 Å². The molecule has 0 spiro atoms. The Labute approximate surface area is 181 Å². The van der Waals surface area contributed by atoms with E-state index >= 15 is 0 Å². The summed E-state index contributed by atoms with van der Waals surface area (Å²) in [6.07, 6.45) is 0.00905. The van der Waals surface area contributed by atoms with E-state index in [-0.39, 0.29) is 11.4 Å². The lowest BCUT2D eigenvalue weighted by Gasteiger charge is -2.46. The molecule has 2 amide bonds. The lowest BCUT2D eigenvalue weighted by atomic mass is 9.94. The van der Waals surface area contributed by atoms with Gasteiger partial charge in [-0.05, 0) is 45.4 Å². The molecule has 1 aromatic carbocycles. The summed E-state index contributed by atoms with van der Waals surface area (Å²) in [7, 11) is -4.09. The first-order valence-corrected chi connectivity index (χ1v) is 10.9. The Balaban J connectivity index is 2.35. The van der Waals surface area contributed by atoms with Crippen LogP contribution in [0.4, 0.5) is 4.79 Å². The van der Waals surface area contributed by atoms with E-state index in [1.54, 1.807) is 39.0 Å². The number of carboxylic acids is 1. The molecular weight excluding hydrogens is 426 g/mol. The number of amides is 2. The van der Waals surface area contributed by atoms with Gasteiger partial charge in [-0.15, -0.1) is 0 Å². The van der Waals surface area contributed by atoms with Gasteiger partial charge in [-0.1, -0.05) is 24.8 Å². The van der Waals surface area contributed by atoms with Crippen LogP contribution in [0.5, 0.6) is 0 Å². The van der Waals surface area contributed by atoms with E-state index < -0.39 is 52.1 Å². The number of hydrogen-bond donors (Lipinski definition) is 2. The average Bonchev–Trinajstić information content (AvgIpc) is 2.62. The Bertz CT molecular complexity index is 983. The zero-order chi connectivity index (χ0) is 23.6. The van der Waals surface area contributed by atoms with Crippen molar-refractivity contribution < 1.29 is 32.6 Å². The minimum absolute atomic E-state index is 0.0443. The van der Waals surface area contributed by atoms with Gasteiger partial charge in [0.2, 0.25) is 10.0 Å². The predicted molar refractivity (Wildman–Crippen MR) is 112 cm³/mol. The minimum Gasteiger partial charge on any atom is -0.481 e. The molecule has 1 atom stereocenters. The van der Waals surface area contributed by atoms with Crippen molar-refractivity contribution in [3.63, 3.8) is 0 Å². The maximum Gasteiger partial charge on any atom is 0.426 e. The van der Waals surface area contributed by atoms with E-state index in [0.717, 1.165) is 14.9 Å². The third-order valence-electron chi connectivity index (χ3n) is 4.51. The second kappa shape index (κ2) is 8.67. The number of hydrazine groups is 1. The largest absolute Gasteiger partial charge is 0.481 e. The Kier molecular flexibility index (Phi) is 6.81. The summed E-state index contributed by atoms with van der Waals surface area (Å²) in [5, 5.41) is 10.2. The molecule has 1 aliphatic rings. The molecule has 170 valence electrons. The molecule has 10 nitrogen and oxygen atoms in total. The van der Waals surface area contributed by atoms with Crippen molar-refractivity contribution in [2.24, 2.45) is 0 Å². The standard InChI is InChI=1S/C20H27N3O7S/c1-6-14-7-9-15(10-8-14)31(28,29)22-12-16(24)23(20(5,13-22)11-17(25)26)21-18(27)30-19(2,3)4/h6-10H,1,11-13H2,2-5H3,(H,21,27)(H,25,26). The molecule has 1 aliphatic heterocycles. The number of hydrogen-bond acceptors (Lipinski definition) is 6. The van der Waals surface area contributed by atoms with Crippen molar-refractivity contribution in [2.75, 3.05) is 13.1 Å². The van der Waals surface area contributed by atoms with Crippen LogP contribution in [-0.4, -0.2) is 65.0 Å². The Morgan fingerprint density at radius 2 is 1.87 bits per heavy atom. The third-order valence-corrected chi connectivity index (χ3v) is 6.31. The van der Waals surface area contributed by atoms with Crippen molar-refractivity contribution >= 4 is 34.1 Å². The van der Waals surface area contributed by atoms with Crippen LogP contribution in [0.25, 0.3) is 6.08 Å². The highest BCUT2D eigenvalue weighted by Gasteiger charge is 2.48. The van der Waals surface area contributed by atoms with Crippen LogP contribution in [0.3, 0.4) is 0 Å². The van der Waals surface area contributed by atoms with E-state index in [2.05, 4.69) is 12.0 Å². The van der Waals surface area contributed by atoms with Gasteiger partial charge in [0.1, 0.15) is 5.60 Å². The number of ether oxygens (including phenoxy) is 1. The monoisotopic (exact) mass is 453 g/mol. The highest BCUT2D eigenvalue weighted by atomic mass is 32.2. The number of carbonyl (C=O) groups is 3. The number of nitrogens with one attached hydrogen (secondary N) is 1. The van der Waals surface area contributed by atoms with Gasteiger partial charge in [-0.25, -0.2) is 23.6 Å². The number of sulfonamides is 1. The summed E-state index contributed by atoms with van der Waals surface area (Å²) < 4.78 is 32.2. The molecule has 0 saturated carbocycles. The molecular formula is C20H27N3O7S. The molecule has 2 N–H and O–H groups in total. The third kappa shape index (κ3) is 5.82. The number of piperazine rings is 1. The molecule has 0 radical (unpaired) electrons. The first-order valence-electron chi connectivity index (χ1n) is 9.45. The molecule has 1 heterocycles. The summed E-state index contributed by atoms with van der Waals surface area (Å²) in [6, 6.07) is 5.91. The lowest BCUT2D eigenvalue weighted by Crippen LogP contribution is -2.69. The summed E-state index contributed by atoms with van der Waals surface area (Å²) >= 11 is 0. The molecule has 0 bridgehead atoms. The molecule has 31 heavy (non-hydrogen) atoms. The smallest absolute Gasteiger partial charge is 0.426 e. The van der Waals surface area contributed by atoms with Crippen LogP contribution in [0.2, 0.25) is 0 Å². The zero-order valence-corrected chi connectivity index (χ0v) is 18.7. The second-order valence-electron chi connectivity index (χ2n) is 8.46. The maximum atomic E-state index is 13.1. The van der Waals surface area contributed by atoms with E-state index in [0.29, 0.717) is 0 Å². The van der Waals surface area contributed by atoms with Crippen LogP contribution in [-0.2, 0) is 24.3 Å². The fourth-order valence-electron chi connectivity index (χ4n) is 3.17. The molecule has 1 fully saturated rings. The van der Waals surface area contributed by atoms with Gasteiger partial charge >= 0.3 is 12.1 Å². The fourth-order valence-corrected chi connectivity index (χ4v) is 4.68. The summed E-state index contributed by atoms with van der Waals surface area (Å²) in [5.41, 5.74) is 0.597. The van der Waals surface area contributed by atoms with Gasteiger partial charge in [0, 0.05) is 6.54 Å². The first kappa shape index (κ1) is 24.4. The quantitative estimate of drug-likeness (QED) is 0.671. The van der Waals surface area contributed by atoms with Crippen molar-refractivity contribution in [2.45, 2.75) is 50.2 Å². The van der Waals surface area contributed by atoms with Gasteiger partial charge in [0.25, 0.3) is 5.91 Å². The van der Waals surface area contributed by atoms with Gasteiger partial charge < -0.3 is 9.84 Å². The summed E-state index contributed by atoms with van der Waals surface area (Å²) in [5.74, 6) is -2.05. The average molecular weight is 454 g/mol. The van der Waals surface area contributed by atoms with E-state index in [1.807, 2.05) is 0 Å². The van der Waals surface area contributed by atoms with E-state index in [4.69, 9.17) is 4.74 Å². The molecule has 0 aliphatic carbocycles. The van der Waals surface area contributed by atoms with Crippen LogP contribution in [0.15, 0.2) is 35.7 Å². The minimum atomic E-state index is -4.09. The molecule has 2 rings (SSSR count). The van der Waals surface area contributed by atoms with E-state index in [9.17, 15) is 27.9 Å². The SMILES string of the molecule is C=Cc1ccc(S(=O)(=O)N2CC(=O)N(NC(=O)OC(C)(C)C)C(C)(CC(=O)O)C2)cc1. The van der Waals surface area contributed by atoms with Gasteiger partial charge in [-0.2, -0.15) is 4.31 Å². The maximum absolute atomic E-state index is 13.1. The van der Waals surface area contributed by atoms with Crippen molar-refractivity contribution in [3.8, 4) is 0 Å². The van der Waals surface area contributed by atoms with Gasteiger partial charge in [0.15, 0.2) is 0 Å². The Hall–Kier alpha value is -2.92. The van der Waals surface area contributed by atoms with Crippen LogP contribution < -0.4 is 5.43 Å². The number of carbonyl (C=O) groups excluding carboxylic acids is 2. The lowest BCUT2D eigenvalue weighted by molar-refractivity contribution is -0.154.